The van der Waals surface area contributed by atoms with E-state index in [4.69, 9.17) is 18.9 Å². The standard InChI is InChI=1S/C18H13NO4/c1-20-13-3-2-10-4-5-19-12-6-11-7-15-16(22-9-21-15)8-14(11)23-18(13)17(10)12/h2-5,7-8H,6,9H2,1H3. The minimum atomic E-state index is 0.242. The molecule has 3 heterocycles. The lowest BCUT2D eigenvalue weighted by molar-refractivity contribution is 0.174. The maximum atomic E-state index is 6.22. The molecule has 2 aromatic carbocycles. The van der Waals surface area contributed by atoms with E-state index in [1.807, 2.05) is 36.5 Å². The number of nitrogens with zero attached hydrogens (tertiary/aromatic N) is 1. The van der Waals surface area contributed by atoms with Gasteiger partial charge in [0.1, 0.15) is 5.75 Å². The molecule has 0 radical (unpaired) electrons. The van der Waals surface area contributed by atoms with Gasteiger partial charge >= 0.3 is 0 Å². The lowest BCUT2D eigenvalue weighted by Gasteiger charge is -2.13. The Labute approximate surface area is 132 Å². The predicted octanol–water partition coefficient (Wildman–Crippen LogP) is 3.67. The second-order valence-corrected chi connectivity index (χ2v) is 5.54. The molecule has 2 aliphatic rings. The van der Waals surface area contributed by atoms with Crippen molar-refractivity contribution in [1.82, 2.24) is 4.98 Å². The first-order chi connectivity index (χ1) is 11.3. The van der Waals surface area contributed by atoms with Gasteiger partial charge in [0, 0.05) is 24.2 Å². The molecule has 0 amide bonds. The van der Waals surface area contributed by atoms with Crippen LogP contribution in [0.3, 0.4) is 0 Å². The van der Waals surface area contributed by atoms with Crippen LogP contribution in [0.4, 0.5) is 0 Å². The number of hydrogen-bond acceptors (Lipinski definition) is 5. The molecule has 23 heavy (non-hydrogen) atoms. The molecule has 5 nitrogen and oxygen atoms in total. The fourth-order valence-corrected chi connectivity index (χ4v) is 3.17. The van der Waals surface area contributed by atoms with Crippen LogP contribution in [0.15, 0.2) is 36.5 Å². The summed E-state index contributed by atoms with van der Waals surface area (Å²) in [5.41, 5.74) is 1.99. The number of benzene rings is 2. The molecular formula is C18H13NO4. The van der Waals surface area contributed by atoms with Gasteiger partial charge in [-0.05, 0) is 23.6 Å². The molecule has 0 saturated carbocycles. The van der Waals surface area contributed by atoms with Crippen molar-refractivity contribution in [3.8, 4) is 28.7 Å². The summed E-state index contributed by atoms with van der Waals surface area (Å²) in [4.78, 5) is 4.56. The normalized spacial score (nSPS) is 14.1. The predicted molar refractivity (Wildman–Crippen MR) is 83.7 cm³/mol. The molecule has 0 aliphatic carbocycles. The van der Waals surface area contributed by atoms with E-state index >= 15 is 0 Å². The summed E-state index contributed by atoms with van der Waals surface area (Å²) in [5, 5.41) is 2.07. The highest BCUT2D eigenvalue weighted by Crippen LogP contribution is 2.47. The summed E-state index contributed by atoms with van der Waals surface area (Å²) in [5.74, 6) is 3.59. The highest BCUT2D eigenvalue weighted by molar-refractivity contribution is 5.93. The van der Waals surface area contributed by atoms with Gasteiger partial charge in [0.25, 0.3) is 0 Å². The first kappa shape index (κ1) is 12.6. The smallest absolute Gasteiger partial charge is 0.231 e. The summed E-state index contributed by atoms with van der Waals surface area (Å²) < 4.78 is 22.6. The second-order valence-electron chi connectivity index (χ2n) is 5.54. The summed E-state index contributed by atoms with van der Waals surface area (Å²) in [6, 6.07) is 9.76. The molecule has 2 aliphatic heterocycles. The average Bonchev–Trinajstić information content (AvgIpc) is 2.95. The van der Waals surface area contributed by atoms with Crippen LogP contribution in [0.1, 0.15) is 11.3 Å². The summed E-state index contributed by atoms with van der Waals surface area (Å²) in [6.07, 6.45) is 2.50. The zero-order chi connectivity index (χ0) is 15.4. The van der Waals surface area contributed by atoms with Gasteiger partial charge in [-0.3, -0.25) is 4.98 Å². The van der Waals surface area contributed by atoms with Crippen LogP contribution in [0.2, 0.25) is 0 Å². The molecule has 0 spiro atoms. The lowest BCUT2D eigenvalue weighted by atomic mass is 10.0. The van der Waals surface area contributed by atoms with Gasteiger partial charge in [-0.15, -0.1) is 0 Å². The van der Waals surface area contributed by atoms with E-state index in [0.29, 0.717) is 23.7 Å². The Morgan fingerprint density at radius 2 is 1.91 bits per heavy atom. The van der Waals surface area contributed by atoms with Crippen molar-refractivity contribution in [2.45, 2.75) is 6.42 Å². The van der Waals surface area contributed by atoms with Gasteiger partial charge in [-0.2, -0.15) is 0 Å². The third-order valence-electron chi connectivity index (χ3n) is 4.27. The third kappa shape index (κ3) is 1.76. The summed E-state index contributed by atoms with van der Waals surface area (Å²) >= 11 is 0. The molecule has 114 valence electrons. The topological polar surface area (TPSA) is 49.8 Å². The SMILES string of the molecule is COc1ccc2ccnc3c2c1Oc1cc2c(cc1C3)OCO2. The number of pyridine rings is 1. The summed E-state index contributed by atoms with van der Waals surface area (Å²) in [6.45, 7) is 0.242. The first-order valence-corrected chi connectivity index (χ1v) is 7.38. The van der Waals surface area contributed by atoms with E-state index < -0.39 is 0 Å². The van der Waals surface area contributed by atoms with Gasteiger partial charge < -0.3 is 18.9 Å². The van der Waals surface area contributed by atoms with Crippen molar-refractivity contribution in [1.29, 1.82) is 0 Å². The lowest BCUT2D eigenvalue weighted by Crippen LogP contribution is -1.94. The fraction of sp³-hybridized carbons (Fsp3) is 0.167. The van der Waals surface area contributed by atoms with E-state index in [9.17, 15) is 0 Å². The Morgan fingerprint density at radius 1 is 1.04 bits per heavy atom. The number of fused-ring (bicyclic) bond motifs is 2. The van der Waals surface area contributed by atoms with Crippen molar-refractivity contribution >= 4 is 10.8 Å². The van der Waals surface area contributed by atoms with Crippen molar-refractivity contribution in [3.63, 3.8) is 0 Å². The van der Waals surface area contributed by atoms with Crippen molar-refractivity contribution in [2.75, 3.05) is 13.9 Å². The highest BCUT2D eigenvalue weighted by Gasteiger charge is 2.25. The molecule has 1 aromatic heterocycles. The van der Waals surface area contributed by atoms with Gasteiger partial charge in [0.15, 0.2) is 23.0 Å². The number of methoxy groups -OCH3 is 1. The van der Waals surface area contributed by atoms with E-state index in [1.54, 1.807) is 7.11 Å². The molecule has 3 aromatic rings. The molecule has 0 unspecified atom stereocenters. The van der Waals surface area contributed by atoms with Gasteiger partial charge in [-0.25, -0.2) is 0 Å². The minimum Gasteiger partial charge on any atom is -0.493 e. The minimum absolute atomic E-state index is 0.242. The van der Waals surface area contributed by atoms with Crippen LogP contribution in [-0.4, -0.2) is 18.9 Å². The van der Waals surface area contributed by atoms with Crippen LogP contribution >= 0.6 is 0 Å². The molecule has 5 rings (SSSR count). The van der Waals surface area contributed by atoms with E-state index in [0.717, 1.165) is 33.5 Å². The maximum Gasteiger partial charge on any atom is 0.231 e. The molecular weight excluding hydrogens is 294 g/mol. The van der Waals surface area contributed by atoms with Crippen LogP contribution in [-0.2, 0) is 6.42 Å². The number of ether oxygens (including phenoxy) is 4. The van der Waals surface area contributed by atoms with Gasteiger partial charge in [0.2, 0.25) is 6.79 Å². The molecule has 5 heteroatoms. The fourth-order valence-electron chi connectivity index (χ4n) is 3.17. The van der Waals surface area contributed by atoms with Crippen LogP contribution in [0.5, 0.6) is 28.7 Å². The van der Waals surface area contributed by atoms with Crippen molar-refractivity contribution < 1.29 is 18.9 Å². The van der Waals surface area contributed by atoms with Crippen LogP contribution in [0.25, 0.3) is 10.8 Å². The average molecular weight is 307 g/mol. The quantitative estimate of drug-likeness (QED) is 0.537. The summed E-state index contributed by atoms with van der Waals surface area (Å²) in [7, 11) is 1.64. The maximum absolute atomic E-state index is 6.22. The third-order valence-corrected chi connectivity index (χ3v) is 4.27. The second kappa shape index (κ2) is 4.52. The van der Waals surface area contributed by atoms with Crippen LogP contribution < -0.4 is 18.9 Å². The molecule has 0 bridgehead atoms. The molecule has 0 atom stereocenters. The van der Waals surface area contributed by atoms with E-state index in [1.165, 1.54) is 0 Å². The Balaban J connectivity index is 1.80. The molecule has 0 N–H and O–H groups in total. The van der Waals surface area contributed by atoms with Crippen molar-refractivity contribution in [3.05, 3.63) is 47.8 Å². The first-order valence-electron chi connectivity index (χ1n) is 7.38. The van der Waals surface area contributed by atoms with Gasteiger partial charge in [0.05, 0.1) is 18.2 Å². The Hall–Kier alpha value is -2.95. The monoisotopic (exact) mass is 307 g/mol. The zero-order valence-corrected chi connectivity index (χ0v) is 12.5. The zero-order valence-electron chi connectivity index (χ0n) is 12.5. The number of rotatable bonds is 1. The Bertz CT molecular complexity index is 951. The number of aromatic nitrogens is 1. The molecule has 0 saturated heterocycles. The number of hydrogen-bond donors (Lipinski definition) is 0. The van der Waals surface area contributed by atoms with E-state index in [-0.39, 0.29) is 6.79 Å². The Morgan fingerprint density at radius 3 is 2.78 bits per heavy atom. The largest absolute Gasteiger partial charge is 0.493 e. The van der Waals surface area contributed by atoms with E-state index in [2.05, 4.69) is 4.98 Å². The Kier molecular flexibility index (Phi) is 2.47. The van der Waals surface area contributed by atoms with Gasteiger partial charge in [-0.1, -0.05) is 6.07 Å². The highest BCUT2D eigenvalue weighted by atomic mass is 16.7. The molecule has 0 fully saturated rings. The van der Waals surface area contributed by atoms with Crippen molar-refractivity contribution in [2.24, 2.45) is 0 Å². The van der Waals surface area contributed by atoms with Crippen LogP contribution in [0, 0.1) is 0 Å².